The van der Waals surface area contributed by atoms with Crippen molar-refractivity contribution in [2.24, 2.45) is 0 Å². The fourth-order valence-electron chi connectivity index (χ4n) is 3.46. The molecule has 0 atom stereocenters. The van der Waals surface area contributed by atoms with Crippen molar-refractivity contribution in [3.05, 3.63) is 93.0 Å². The largest absolute Gasteiger partial charge is 0.322 e. The molecule has 29 heavy (non-hydrogen) atoms. The number of nitrogens with zero attached hydrogens (tertiary/aromatic N) is 1. The topological polar surface area (TPSA) is 66.5 Å². The van der Waals surface area contributed by atoms with E-state index in [0.29, 0.717) is 22.4 Å². The highest BCUT2D eigenvalue weighted by atomic mass is 79.9. The normalized spacial score (nSPS) is 12.9. The minimum absolute atomic E-state index is 0.257. The van der Waals surface area contributed by atoms with Gasteiger partial charge in [-0.1, -0.05) is 22.0 Å². The molecule has 0 unspecified atom stereocenters. The molecular weight excluding hydrogens is 432 g/mol. The number of benzene rings is 3. The Labute approximate surface area is 176 Å². The van der Waals surface area contributed by atoms with Gasteiger partial charge in [-0.15, -0.1) is 0 Å². The van der Waals surface area contributed by atoms with E-state index in [1.807, 2.05) is 32.0 Å². The van der Waals surface area contributed by atoms with Crippen molar-refractivity contribution in [3.63, 3.8) is 0 Å². The highest BCUT2D eigenvalue weighted by molar-refractivity contribution is 9.10. The van der Waals surface area contributed by atoms with Crippen LogP contribution in [-0.4, -0.2) is 17.7 Å². The fourth-order valence-corrected chi connectivity index (χ4v) is 3.82. The number of hydrogen-bond acceptors (Lipinski definition) is 3. The number of carbonyl (C=O) groups is 3. The molecule has 0 radical (unpaired) electrons. The summed E-state index contributed by atoms with van der Waals surface area (Å²) in [6.45, 7) is 3.94. The Morgan fingerprint density at radius 1 is 0.828 bits per heavy atom. The summed E-state index contributed by atoms with van der Waals surface area (Å²) in [5.41, 5.74) is 4.45. The smallest absolute Gasteiger partial charge is 0.266 e. The first-order valence-corrected chi connectivity index (χ1v) is 9.81. The molecule has 0 saturated heterocycles. The molecule has 5 nitrogen and oxygen atoms in total. The highest BCUT2D eigenvalue weighted by Crippen LogP contribution is 2.30. The van der Waals surface area contributed by atoms with Gasteiger partial charge in [0.1, 0.15) is 0 Å². The van der Waals surface area contributed by atoms with Crippen LogP contribution >= 0.6 is 15.9 Å². The Balaban J connectivity index is 1.56. The van der Waals surface area contributed by atoms with Crippen LogP contribution in [0.3, 0.4) is 0 Å². The lowest BCUT2D eigenvalue weighted by atomic mass is 10.1. The van der Waals surface area contributed by atoms with Gasteiger partial charge in [0.05, 0.1) is 16.8 Å². The molecule has 4 rings (SSSR count). The van der Waals surface area contributed by atoms with Gasteiger partial charge in [-0.3, -0.25) is 14.4 Å². The van der Waals surface area contributed by atoms with Crippen LogP contribution in [0.5, 0.6) is 0 Å². The molecule has 144 valence electrons. The van der Waals surface area contributed by atoms with E-state index in [2.05, 4.69) is 21.2 Å². The summed E-state index contributed by atoms with van der Waals surface area (Å²) in [4.78, 5) is 39.0. The van der Waals surface area contributed by atoms with Gasteiger partial charge in [0.2, 0.25) is 0 Å². The predicted octanol–water partition coefficient (Wildman–Crippen LogP) is 5.12. The van der Waals surface area contributed by atoms with E-state index in [4.69, 9.17) is 0 Å². The van der Waals surface area contributed by atoms with Crippen molar-refractivity contribution < 1.29 is 14.4 Å². The van der Waals surface area contributed by atoms with E-state index in [1.165, 1.54) is 0 Å². The molecule has 1 heterocycles. The number of halogens is 1. The van der Waals surface area contributed by atoms with Crippen LogP contribution in [0.2, 0.25) is 0 Å². The van der Waals surface area contributed by atoms with Gasteiger partial charge in [-0.25, -0.2) is 4.90 Å². The van der Waals surface area contributed by atoms with E-state index in [-0.39, 0.29) is 17.7 Å². The number of fused-ring (bicyclic) bond motifs is 1. The molecule has 1 aliphatic rings. The molecule has 0 aromatic heterocycles. The molecular formula is C23H17BrN2O3. The van der Waals surface area contributed by atoms with Gasteiger partial charge in [-0.05, 0) is 79.6 Å². The first-order valence-electron chi connectivity index (χ1n) is 9.01. The second-order valence-corrected chi connectivity index (χ2v) is 7.93. The number of anilines is 2. The van der Waals surface area contributed by atoms with Gasteiger partial charge < -0.3 is 5.32 Å². The van der Waals surface area contributed by atoms with Crippen molar-refractivity contribution in [2.45, 2.75) is 13.8 Å². The summed E-state index contributed by atoms with van der Waals surface area (Å²) in [6.07, 6.45) is 0. The molecule has 0 spiro atoms. The summed E-state index contributed by atoms with van der Waals surface area (Å²) < 4.78 is 0.734. The first-order chi connectivity index (χ1) is 13.8. The molecule has 3 amide bonds. The third-order valence-electron chi connectivity index (χ3n) is 4.72. The molecule has 1 N–H and O–H groups in total. The van der Waals surface area contributed by atoms with Crippen LogP contribution in [-0.2, 0) is 0 Å². The maximum Gasteiger partial charge on any atom is 0.266 e. The summed E-state index contributed by atoms with van der Waals surface area (Å²) >= 11 is 3.32. The zero-order valence-corrected chi connectivity index (χ0v) is 17.4. The maximum atomic E-state index is 12.7. The van der Waals surface area contributed by atoms with Crippen molar-refractivity contribution in [2.75, 3.05) is 10.2 Å². The zero-order chi connectivity index (χ0) is 20.7. The van der Waals surface area contributed by atoms with E-state index >= 15 is 0 Å². The third-order valence-corrected chi connectivity index (χ3v) is 5.21. The molecule has 3 aromatic rings. The number of aryl methyl sites for hydroxylation is 2. The molecule has 0 saturated carbocycles. The Kier molecular flexibility index (Phi) is 4.80. The minimum atomic E-state index is -0.376. The second-order valence-electron chi connectivity index (χ2n) is 7.01. The zero-order valence-electron chi connectivity index (χ0n) is 15.8. The number of nitrogens with one attached hydrogen (secondary N) is 1. The number of imide groups is 1. The van der Waals surface area contributed by atoms with Gasteiger partial charge in [0.25, 0.3) is 17.7 Å². The molecule has 0 aliphatic carbocycles. The summed E-state index contributed by atoms with van der Waals surface area (Å²) in [5.74, 6) is -1.00. The van der Waals surface area contributed by atoms with Gasteiger partial charge in [-0.2, -0.15) is 0 Å². The second kappa shape index (κ2) is 7.29. The van der Waals surface area contributed by atoms with Crippen LogP contribution < -0.4 is 10.2 Å². The molecule has 1 aliphatic heterocycles. The molecule has 0 bridgehead atoms. The van der Waals surface area contributed by atoms with E-state index in [0.717, 1.165) is 26.2 Å². The minimum Gasteiger partial charge on any atom is -0.322 e. The number of carbonyl (C=O) groups excluding carboxylic acids is 3. The Morgan fingerprint density at radius 2 is 1.45 bits per heavy atom. The maximum absolute atomic E-state index is 12.7. The van der Waals surface area contributed by atoms with Gasteiger partial charge in [0, 0.05) is 15.7 Å². The lowest BCUT2D eigenvalue weighted by Crippen LogP contribution is -2.29. The standard InChI is InChI=1S/C23H17BrN2O3/c1-13-9-14(2)11-17(10-13)25-21(27)15-3-6-18(7-4-15)26-22(28)19-8-5-16(24)12-20(19)23(26)29/h3-12H,1-2H3,(H,25,27). The summed E-state index contributed by atoms with van der Waals surface area (Å²) in [6, 6.07) is 17.2. The SMILES string of the molecule is Cc1cc(C)cc(NC(=O)c2ccc(N3C(=O)c4ccc(Br)cc4C3=O)cc2)c1. The van der Waals surface area contributed by atoms with Crippen LogP contribution in [0.25, 0.3) is 0 Å². The van der Waals surface area contributed by atoms with Gasteiger partial charge in [0.15, 0.2) is 0 Å². The molecule has 6 heteroatoms. The predicted molar refractivity (Wildman–Crippen MR) is 116 cm³/mol. The van der Waals surface area contributed by atoms with Crippen molar-refractivity contribution in [1.29, 1.82) is 0 Å². The number of rotatable bonds is 3. The van der Waals surface area contributed by atoms with Crippen molar-refractivity contribution >= 4 is 45.0 Å². The Morgan fingerprint density at radius 3 is 2.10 bits per heavy atom. The van der Waals surface area contributed by atoms with Crippen LogP contribution in [0.4, 0.5) is 11.4 Å². The van der Waals surface area contributed by atoms with Crippen LogP contribution in [0.15, 0.2) is 65.1 Å². The van der Waals surface area contributed by atoms with Crippen LogP contribution in [0, 0.1) is 13.8 Å². The lowest BCUT2D eigenvalue weighted by Gasteiger charge is -2.14. The fraction of sp³-hybridized carbons (Fsp3) is 0.0870. The van der Waals surface area contributed by atoms with Crippen molar-refractivity contribution in [1.82, 2.24) is 0 Å². The van der Waals surface area contributed by atoms with Crippen LogP contribution in [0.1, 0.15) is 42.2 Å². The average Bonchev–Trinajstić information content (AvgIpc) is 2.91. The lowest BCUT2D eigenvalue weighted by molar-refractivity contribution is 0.0925. The van der Waals surface area contributed by atoms with E-state index in [9.17, 15) is 14.4 Å². The van der Waals surface area contributed by atoms with E-state index < -0.39 is 0 Å². The van der Waals surface area contributed by atoms with Gasteiger partial charge >= 0.3 is 0 Å². The summed E-state index contributed by atoms with van der Waals surface area (Å²) in [5, 5.41) is 2.88. The average molecular weight is 449 g/mol. The van der Waals surface area contributed by atoms with Crippen molar-refractivity contribution in [3.8, 4) is 0 Å². The van der Waals surface area contributed by atoms with E-state index in [1.54, 1.807) is 42.5 Å². The number of amides is 3. The molecule has 0 fully saturated rings. The Hall–Kier alpha value is -3.25. The monoisotopic (exact) mass is 448 g/mol. The highest BCUT2D eigenvalue weighted by Gasteiger charge is 2.36. The first kappa shape index (κ1) is 19.1. The Bertz CT molecular complexity index is 1150. The summed E-state index contributed by atoms with van der Waals surface area (Å²) in [7, 11) is 0. The quantitative estimate of drug-likeness (QED) is 0.565. The number of hydrogen-bond donors (Lipinski definition) is 1. The third kappa shape index (κ3) is 3.59. The molecule has 3 aromatic carbocycles.